The largest absolute Gasteiger partial charge is 0.369 e. The minimum absolute atomic E-state index is 0.0693. The summed E-state index contributed by atoms with van der Waals surface area (Å²) in [5.74, 6) is 0.928. The van der Waals surface area contributed by atoms with Crippen molar-refractivity contribution in [3.8, 4) is 0 Å². The van der Waals surface area contributed by atoms with Gasteiger partial charge in [0.1, 0.15) is 5.82 Å². The van der Waals surface area contributed by atoms with Gasteiger partial charge in [-0.3, -0.25) is 0 Å². The zero-order chi connectivity index (χ0) is 13.7. The third kappa shape index (κ3) is 1.71. The highest BCUT2D eigenvalue weighted by molar-refractivity contribution is 9.10. The first-order valence-electron chi connectivity index (χ1n) is 6.64. The Bertz CT molecular complexity index is 659. The van der Waals surface area contributed by atoms with Gasteiger partial charge in [-0.15, -0.1) is 5.10 Å². The van der Waals surface area contributed by atoms with E-state index >= 15 is 0 Å². The summed E-state index contributed by atoms with van der Waals surface area (Å²) in [5.41, 5.74) is 1.23. The topological polar surface area (TPSA) is 55.6 Å². The van der Waals surface area contributed by atoms with Crippen molar-refractivity contribution >= 4 is 33.3 Å². The third-order valence-electron chi connectivity index (χ3n) is 4.50. The predicted octanol–water partition coefficient (Wildman–Crippen LogP) is 3.18. The minimum atomic E-state index is 0.0693. The quantitative estimate of drug-likeness (QED) is 0.854. The van der Waals surface area contributed by atoms with Gasteiger partial charge in [0.25, 0.3) is 0 Å². The molecule has 1 fully saturated rings. The van der Waals surface area contributed by atoms with Crippen molar-refractivity contribution in [2.24, 2.45) is 0 Å². The van der Waals surface area contributed by atoms with E-state index in [-0.39, 0.29) is 5.41 Å². The minimum Gasteiger partial charge on any atom is -0.369 e. The fourth-order valence-corrected chi connectivity index (χ4v) is 4.19. The van der Waals surface area contributed by atoms with Gasteiger partial charge in [0.15, 0.2) is 0 Å². The number of hydrogen-bond acceptors (Lipinski definition) is 4. The molecular weight excluding hydrogens is 342 g/mol. The van der Waals surface area contributed by atoms with Crippen LogP contribution in [0, 0.1) is 0 Å². The van der Waals surface area contributed by atoms with Crippen molar-refractivity contribution in [1.29, 1.82) is 0 Å². The molecule has 5 nitrogen and oxygen atoms in total. The van der Waals surface area contributed by atoms with Crippen molar-refractivity contribution in [3.63, 3.8) is 0 Å². The van der Waals surface area contributed by atoms with Crippen molar-refractivity contribution in [2.45, 2.75) is 30.7 Å². The Morgan fingerprint density at radius 3 is 3.20 bits per heavy atom. The van der Waals surface area contributed by atoms with Crippen molar-refractivity contribution in [2.75, 3.05) is 11.9 Å². The average molecular weight is 355 g/mol. The van der Waals surface area contributed by atoms with E-state index in [1.807, 2.05) is 10.9 Å². The molecule has 2 aromatic rings. The Morgan fingerprint density at radius 2 is 2.40 bits per heavy atom. The molecule has 0 unspecified atom stereocenters. The van der Waals surface area contributed by atoms with Crippen LogP contribution in [0.25, 0.3) is 0 Å². The highest BCUT2D eigenvalue weighted by atomic mass is 79.9. The predicted molar refractivity (Wildman–Crippen MR) is 80.0 cm³/mol. The molecule has 0 radical (unpaired) electrons. The van der Waals surface area contributed by atoms with Gasteiger partial charge in [-0.25, -0.2) is 9.67 Å². The average Bonchev–Trinajstić information content (AvgIpc) is 3.15. The van der Waals surface area contributed by atoms with Crippen LogP contribution >= 0.6 is 27.5 Å². The van der Waals surface area contributed by atoms with Crippen molar-refractivity contribution in [1.82, 2.24) is 20.0 Å². The zero-order valence-electron chi connectivity index (χ0n) is 10.7. The van der Waals surface area contributed by atoms with Gasteiger partial charge < -0.3 is 5.32 Å². The zero-order valence-corrected chi connectivity index (χ0v) is 13.0. The van der Waals surface area contributed by atoms with Crippen LogP contribution in [0.15, 0.2) is 23.1 Å². The van der Waals surface area contributed by atoms with E-state index in [2.05, 4.69) is 36.5 Å². The molecule has 7 heteroatoms. The molecule has 1 N–H and O–H groups in total. The van der Waals surface area contributed by atoms with Gasteiger partial charge in [-0.05, 0) is 35.2 Å². The van der Waals surface area contributed by atoms with Crippen LogP contribution in [0.5, 0.6) is 0 Å². The molecule has 104 valence electrons. The first-order chi connectivity index (χ1) is 9.70. The number of aromatic nitrogens is 4. The second kappa shape index (κ2) is 4.43. The molecule has 3 heterocycles. The molecule has 2 atom stereocenters. The molecule has 0 bridgehead atoms. The number of fused-ring (bicyclic) bond motifs is 2. The number of halogens is 2. The molecule has 0 aromatic carbocycles. The van der Waals surface area contributed by atoms with Crippen LogP contribution < -0.4 is 5.32 Å². The molecule has 4 rings (SSSR count). The van der Waals surface area contributed by atoms with E-state index in [1.165, 1.54) is 0 Å². The van der Waals surface area contributed by atoms with Gasteiger partial charge in [-0.1, -0.05) is 16.8 Å². The highest BCUT2D eigenvalue weighted by Crippen LogP contribution is 2.53. The van der Waals surface area contributed by atoms with E-state index in [9.17, 15) is 0 Å². The van der Waals surface area contributed by atoms with Crippen LogP contribution in [-0.4, -0.2) is 26.5 Å². The summed E-state index contributed by atoms with van der Waals surface area (Å²) in [6, 6.07) is 0.389. The summed E-state index contributed by atoms with van der Waals surface area (Å²) in [5, 5.41) is 12.2. The Balaban J connectivity index is 1.74. The first kappa shape index (κ1) is 12.6. The fraction of sp³-hybridized carbons (Fsp3) is 0.462. The number of rotatable bonds is 1. The van der Waals surface area contributed by atoms with Crippen LogP contribution in [0.3, 0.4) is 0 Å². The fourth-order valence-electron chi connectivity index (χ4n) is 3.55. The van der Waals surface area contributed by atoms with Crippen LogP contribution in [0.2, 0.25) is 5.02 Å². The molecular formula is C13H13BrClN5. The molecule has 1 saturated carbocycles. The molecule has 1 aliphatic heterocycles. The van der Waals surface area contributed by atoms with E-state index < -0.39 is 0 Å². The molecule has 20 heavy (non-hydrogen) atoms. The van der Waals surface area contributed by atoms with Crippen LogP contribution in [-0.2, 0) is 5.41 Å². The second-order valence-corrected chi connectivity index (χ2v) is 6.79. The molecule has 2 aromatic heterocycles. The van der Waals surface area contributed by atoms with Gasteiger partial charge in [0, 0.05) is 29.9 Å². The van der Waals surface area contributed by atoms with E-state index in [0.717, 1.165) is 46.7 Å². The van der Waals surface area contributed by atoms with E-state index in [1.54, 1.807) is 12.4 Å². The summed E-state index contributed by atoms with van der Waals surface area (Å²) < 4.78 is 2.83. The summed E-state index contributed by atoms with van der Waals surface area (Å²) in [6.07, 6.45) is 8.64. The number of nitrogens with zero attached hydrogens (tertiary/aromatic N) is 4. The lowest BCUT2D eigenvalue weighted by Crippen LogP contribution is -2.26. The SMILES string of the molecule is Clc1c(Br)cnc2c1[C@]1(CC[C@@H](n3ccnn3)C1)CN2. The van der Waals surface area contributed by atoms with Crippen LogP contribution in [0.4, 0.5) is 5.82 Å². The number of anilines is 1. The molecule has 0 amide bonds. The van der Waals surface area contributed by atoms with Crippen molar-refractivity contribution in [3.05, 3.63) is 33.6 Å². The Labute approximate surface area is 129 Å². The molecule has 1 spiro atoms. The Kier molecular flexibility index (Phi) is 2.79. The van der Waals surface area contributed by atoms with E-state index in [4.69, 9.17) is 11.6 Å². The summed E-state index contributed by atoms with van der Waals surface area (Å²) in [6.45, 7) is 0.900. The Morgan fingerprint density at radius 1 is 1.50 bits per heavy atom. The smallest absolute Gasteiger partial charge is 0.131 e. The number of hydrogen-bond donors (Lipinski definition) is 1. The lowest BCUT2D eigenvalue weighted by Gasteiger charge is -2.24. The number of nitrogens with one attached hydrogen (secondary N) is 1. The summed E-state index contributed by atoms with van der Waals surface area (Å²) in [7, 11) is 0. The summed E-state index contributed by atoms with van der Waals surface area (Å²) >= 11 is 10.0. The lowest BCUT2D eigenvalue weighted by atomic mass is 9.81. The molecule has 2 aliphatic rings. The van der Waals surface area contributed by atoms with Gasteiger partial charge in [0.2, 0.25) is 0 Å². The maximum atomic E-state index is 6.52. The van der Waals surface area contributed by atoms with Crippen LogP contribution in [0.1, 0.15) is 30.9 Å². The highest BCUT2D eigenvalue weighted by Gasteiger charge is 2.48. The van der Waals surface area contributed by atoms with Gasteiger partial charge in [-0.2, -0.15) is 0 Å². The lowest BCUT2D eigenvalue weighted by molar-refractivity contribution is 0.411. The monoisotopic (exact) mass is 353 g/mol. The maximum absolute atomic E-state index is 6.52. The van der Waals surface area contributed by atoms with E-state index in [0.29, 0.717) is 6.04 Å². The third-order valence-corrected chi connectivity index (χ3v) is 5.72. The molecule has 0 saturated heterocycles. The number of pyridine rings is 1. The Hall–Kier alpha value is -1.14. The maximum Gasteiger partial charge on any atom is 0.131 e. The summed E-state index contributed by atoms with van der Waals surface area (Å²) in [4.78, 5) is 4.45. The second-order valence-electron chi connectivity index (χ2n) is 5.56. The standard InChI is InChI=1S/C13H13BrClN5/c14-9-6-16-12-10(11(9)15)13(7-17-12)2-1-8(5-13)20-4-3-18-19-20/h3-4,6,8H,1-2,5,7H2,(H,16,17)/t8-,13+/m1/s1. The molecule has 1 aliphatic carbocycles. The van der Waals surface area contributed by atoms with Crippen molar-refractivity contribution < 1.29 is 0 Å². The first-order valence-corrected chi connectivity index (χ1v) is 7.81. The normalized spacial score (nSPS) is 27.8. The van der Waals surface area contributed by atoms with Gasteiger partial charge >= 0.3 is 0 Å². The van der Waals surface area contributed by atoms with Gasteiger partial charge in [0.05, 0.1) is 21.7 Å².